The van der Waals surface area contributed by atoms with E-state index in [4.69, 9.17) is 4.74 Å². The second kappa shape index (κ2) is 8.40. The molecule has 0 saturated carbocycles. The Labute approximate surface area is 140 Å². The molecule has 0 saturated heterocycles. The number of nitrogens with one attached hydrogen (secondary N) is 1. The van der Waals surface area contributed by atoms with E-state index in [9.17, 15) is 13.6 Å². The highest BCUT2D eigenvalue weighted by Gasteiger charge is 2.20. The number of likely N-dealkylation sites (N-methyl/N-ethyl adjacent to an activating group) is 1. The molecule has 0 bridgehead atoms. The fourth-order valence-electron chi connectivity index (χ4n) is 2.06. The van der Waals surface area contributed by atoms with E-state index < -0.39 is 29.3 Å². The van der Waals surface area contributed by atoms with Crippen molar-refractivity contribution in [3.63, 3.8) is 0 Å². The van der Waals surface area contributed by atoms with E-state index >= 15 is 0 Å². The summed E-state index contributed by atoms with van der Waals surface area (Å²) in [5, 5.41) is 2.30. The molecule has 1 atom stereocenters. The van der Waals surface area contributed by atoms with E-state index in [1.807, 2.05) is 30.3 Å². The molecule has 24 heavy (non-hydrogen) atoms. The number of anilines is 1. The van der Waals surface area contributed by atoms with E-state index in [-0.39, 0.29) is 0 Å². The van der Waals surface area contributed by atoms with Crippen LogP contribution in [0.1, 0.15) is 6.92 Å². The lowest BCUT2D eigenvalue weighted by molar-refractivity contribution is -0.120. The van der Waals surface area contributed by atoms with Gasteiger partial charge in [-0.1, -0.05) is 24.3 Å². The van der Waals surface area contributed by atoms with Crippen molar-refractivity contribution in [1.29, 1.82) is 0 Å². The lowest BCUT2D eigenvalue weighted by atomic mass is 10.2. The average Bonchev–Trinajstić information content (AvgIpc) is 2.58. The molecular formula is C18H20F2N2O2. The van der Waals surface area contributed by atoms with Crippen LogP contribution in [0.25, 0.3) is 0 Å². The first-order valence-corrected chi connectivity index (χ1v) is 7.62. The van der Waals surface area contributed by atoms with Gasteiger partial charge in [-0.3, -0.25) is 9.69 Å². The summed E-state index contributed by atoms with van der Waals surface area (Å²) >= 11 is 0. The number of rotatable bonds is 7. The highest BCUT2D eigenvalue weighted by Crippen LogP contribution is 2.18. The quantitative estimate of drug-likeness (QED) is 0.845. The van der Waals surface area contributed by atoms with E-state index in [1.54, 1.807) is 18.9 Å². The summed E-state index contributed by atoms with van der Waals surface area (Å²) in [7, 11) is 1.75. The van der Waals surface area contributed by atoms with E-state index in [1.165, 1.54) is 6.07 Å². The molecule has 2 aromatic rings. The van der Waals surface area contributed by atoms with Crippen LogP contribution in [0.2, 0.25) is 0 Å². The molecule has 2 rings (SSSR count). The maximum Gasteiger partial charge on any atom is 0.241 e. The Morgan fingerprint density at radius 2 is 1.75 bits per heavy atom. The van der Waals surface area contributed by atoms with E-state index in [2.05, 4.69) is 5.32 Å². The molecule has 2 aromatic carbocycles. The zero-order chi connectivity index (χ0) is 17.5. The van der Waals surface area contributed by atoms with E-state index in [0.29, 0.717) is 13.2 Å². The first-order valence-electron chi connectivity index (χ1n) is 7.62. The minimum absolute atomic E-state index is 0.395. The number of carbonyl (C=O) groups is 1. The normalized spacial score (nSPS) is 12.0. The fraction of sp³-hybridized carbons (Fsp3) is 0.278. The van der Waals surface area contributed by atoms with Crippen LogP contribution in [-0.2, 0) is 4.79 Å². The number of ether oxygens (including phenoxy) is 1. The molecule has 0 aliphatic rings. The second-order valence-electron chi connectivity index (χ2n) is 5.40. The van der Waals surface area contributed by atoms with Crippen LogP contribution in [0.15, 0.2) is 48.5 Å². The van der Waals surface area contributed by atoms with Crippen molar-refractivity contribution >= 4 is 11.6 Å². The topological polar surface area (TPSA) is 41.6 Å². The largest absolute Gasteiger partial charge is 0.492 e. The summed E-state index contributed by atoms with van der Waals surface area (Å²) < 4.78 is 32.7. The molecule has 0 aliphatic heterocycles. The van der Waals surface area contributed by atoms with Crippen molar-refractivity contribution in [2.24, 2.45) is 0 Å². The smallest absolute Gasteiger partial charge is 0.241 e. The summed E-state index contributed by atoms with van der Waals surface area (Å²) in [6.45, 7) is 2.55. The molecule has 0 spiro atoms. The van der Waals surface area contributed by atoms with Gasteiger partial charge in [0.05, 0.1) is 6.04 Å². The van der Waals surface area contributed by atoms with Gasteiger partial charge in [-0.25, -0.2) is 8.78 Å². The number of halogens is 2. The van der Waals surface area contributed by atoms with Gasteiger partial charge in [0.15, 0.2) is 0 Å². The minimum Gasteiger partial charge on any atom is -0.492 e. The molecular weight excluding hydrogens is 314 g/mol. The molecule has 0 radical (unpaired) electrons. The molecule has 4 nitrogen and oxygen atoms in total. The number of hydrogen-bond acceptors (Lipinski definition) is 3. The first-order chi connectivity index (χ1) is 11.5. The van der Waals surface area contributed by atoms with Crippen molar-refractivity contribution < 1.29 is 18.3 Å². The molecule has 0 aliphatic carbocycles. The Balaban J connectivity index is 1.85. The Kier molecular flexibility index (Phi) is 6.26. The summed E-state index contributed by atoms with van der Waals surface area (Å²) in [6, 6.07) is 12.2. The van der Waals surface area contributed by atoms with Gasteiger partial charge in [0.1, 0.15) is 29.7 Å². The third-order valence-corrected chi connectivity index (χ3v) is 3.71. The van der Waals surface area contributed by atoms with Crippen molar-refractivity contribution in [2.75, 3.05) is 25.5 Å². The SMILES string of the molecule is CC(C(=O)Nc1c(F)cccc1F)N(C)CCOc1ccccc1. The van der Waals surface area contributed by atoms with Crippen LogP contribution in [0.3, 0.4) is 0 Å². The minimum atomic E-state index is -0.800. The number of amides is 1. The molecule has 0 heterocycles. The summed E-state index contributed by atoms with van der Waals surface area (Å²) in [4.78, 5) is 13.9. The predicted octanol–water partition coefficient (Wildman–Crippen LogP) is 3.30. The molecule has 1 unspecified atom stereocenters. The lowest BCUT2D eigenvalue weighted by Crippen LogP contribution is -2.41. The fourth-order valence-corrected chi connectivity index (χ4v) is 2.06. The van der Waals surface area contributed by atoms with Crippen LogP contribution in [0.5, 0.6) is 5.75 Å². The zero-order valence-corrected chi connectivity index (χ0v) is 13.6. The third kappa shape index (κ3) is 4.76. The number of para-hydroxylation sites is 2. The number of benzene rings is 2. The van der Waals surface area contributed by atoms with Gasteiger partial charge in [0.25, 0.3) is 0 Å². The zero-order valence-electron chi connectivity index (χ0n) is 13.6. The van der Waals surface area contributed by atoms with Gasteiger partial charge in [0.2, 0.25) is 5.91 Å². The van der Waals surface area contributed by atoms with Crippen molar-refractivity contribution in [3.8, 4) is 5.75 Å². The Bertz CT molecular complexity index is 660. The van der Waals surface area contributed by atoms with Crippen LogP contribution < -0.4 is 10.1 Å². The molecule has 0 aromatic heterocycles. The van der Waals surface area contributed by atoms with Crippen LogP contribution in [0, 0.1) is 11.6 Å². The summed E-state index contributed by atoms with van der Waals surface area (Å²) in [5.74, 6) is -1.34. The average molecular weight is 334 g/mol. The lowest BCUT2D eigenvalue weighted by Gasteiger charge is -2.24. The number of hydrogen-bond donors (Lipinski definition) is 1. The molecule has 1 N–H and O–H groups in total. The molecule has 1 amide bonds. The van der Waals surface area contributed by atoms with Gasteiger partial charge < -0.3 is 10.1 Å². The summed E-state index contributed by atoms with van der Waals surface area (Å²) in [6.07, 6.45) is 0. The highest BCUT2D eigenvalue weighted by molar-refractivity contribution is 5.94. The van der Waals surface area contributed by atoms with Gasteiger partial charge in [-0.15, -0.1) is 0 Å². The molecule has 6 heteroatoms. The van der Waals surface area contributed by atoms with Gasteiger partial charge in [0, 0.05) is 6.54 Å². The number of nitrogens with zero attached hydrogens (tertiary/aromatic N) is 1. The predicted molar refractivity (Wildman–Crippen MR) is 89.0 cm³/mol. The van der Waals surface area contributed by atoms with Crippen molar-refractivity contribution in [2.45, 2.75) is 13.0 Å². The van der Waals surface area contributed by atoms with Gasteiger partial charge in [-0.05, 0) is 38.2 Å². The first kappa shape index (κ1) is 17.9. The standard InChI is InChI=1S/C18H20F2N2O2/c1-13(18(23)21-17-15(19)9-6-10-16(17)20)22(2)11-12-24-14-7-4-3-5-8-14/h3-10,13H,11-12H2,1-2H3,(H,21,23). The van der Waals surface area contributed by atoms with Crippen LogP contribution >= 0.6 is 0 Å². The Morgan fingerprint density at radius 3 is 2.38 bits per heavy atom. The Morgan fingerprint density at radius 1 is 1.12 bits per heavy atom. The maximum absolute atomic E-state index is 13.6. The number of carbonyl (C=O) groups excluding carboxylic acids is 1. The highest BCUT2D eigenvalue weighted by atomic mass is 19.1. The van der Waals surface area contributed by atoms with Gasteiger partial charge >= 0.3 is 0 Å². The molecule has 128 valence electrons. The second-order valence-corrected chi connectivity index (χ2v) is 5.40. The van der Waals surface area contributed by atoms with Crippen LogP contribution in [0.4, 0.5) is 14.5 Å². The van der Waals surface area contributed by atoms with Crippen molar-refractivity contribution in [3.05, 3.63) is 60.2 Å². The monoisotopic (exact) mass is 334 g/mol. The third-order valence-electron chi connectivity index (χ3n) is 3.71. The van der Waals surface area contributed by atoms with Gasteiger partial charge in [-0.2, -0.15) is 0 Å². The maximum atomic E-state index is 13.6. The molecule has 0 fully saturated rings. The summed E-state index contributed by atoms with van der Waals surface area (Å²) in [5.41, 5.74) is -0.428. The van der Waals surface area contributed by atoms with E-state index in [0.717, 1.165) is 17.9 Å². The van der Waals surface area contributed by atoms with Crippen molar-refractivity contribution in [1.82, 2.24) is 4.90 Å². The van der Waals surface area contributed by atoms with Crippen LogP contribution in [-0.4, -0.2) is 37.0 Å². The Hall–Kier alpha value is -2.47.